The first-order valence-corrected chi connectivity index (χ1v) is 11.1. The van der Waals surface area contributed by atoms with Crippen molar-refractivity contribution in [2.75, 3.05) is 7.11 Å². The quantitative estimate of drug-likeness (QED) is 0.360. The van der Waals surface area contributed by atoms with Crippen LogP contribution in [0, 0.1) is 0 Å². The van der Waals surface area contributed by atoms with E-state index in [0.717, 1.165) is 15.9 Å². The summed E-state index contributed by atoms with van der Waals surface area (Å²) in [7, 11) is 1.33. The van der Waals surface area contributed by atoms with E-state index in [1.165, 1.54) is 13.2 Å². The molecule has 0 heterocycles. The molecule has 0 aliphatic heterocycles. The maximum atomic E-state index is 13.0. The van der Waals surface area contributed by atoms with Crippen LogP contribution in [-0.2, 0) is 14.3 Å². The average molecular weight is 402 g/mol. The van der Waals surface area contributed by atoms with E-state index in [-0.39, 0.29) is 5.78 Å². The Bertz CT molecular complexity index is 965. The van der Waals surface area contributed by atoms with Crippen LogP contribution in [0.15, 0.2) is 103 Å². The molecule has 3 aromatic carbocycles. The first kappa shape index (κ1) is 20.6. The molecule has 0 aliphatic rings. The Morgan fingerprint density at radius 1 is 0.690 bits per heavy atom. The predicted octanol–water partition coefficient (Wildman–Crippen LogP) is 3.47. The zero-order chi connectivity index (χ0) is 20.7. The van der Waals surface area contributed by atoms with Gasteiger partial charge in [0, 0.05) is 11.4 Å². The average Bonchev–Trinajstić information content (AvgIpc) is 2.78. The lowest BCUT2D eigenvalue weighted by atomic mass is 10.3. The Balaban J connectivity index is 2.56. The first-order valence-electron chi connectivity index (χ1n) is 9.31. The minimum absolute atomic E-state index is 0.0740. The molecule has 146 valence electrons. The van der Waals surface area contributed by atoms with Crippen LogP contribution in [0.5, 0.6) is 0 Å². The molecule has 0 aliphatic carbocycles. The van der Waals surface area contributed by atoms with Gasteiger partial charge < -0.3 is 4.74 Å². The van der Waals surface area contributed by atoms with Crippen molar-refractivity contribution in [2.45, 2.75) is 6.92 Å². The third-order valence-corrected chi connectivity index (χ3v) is 9.14. The maximum Gasteiger partial charge on any atom is 0.330 e. The van der Waals surface area contributed by atoms with Crippen LogP contribution in [0.2, 0.25) is 0 Å². The van der Waals surface area contributed by atoms with Crippen LogP contribution >= 0.6 is 6.89 Å². The fourth-order valence-electron chi connectivity index (χ4n) is 3.50. The molecule has 0 fully saturated rings. The van der Waals surface area contributed by atoms with E-state index in [9.17, 15) is 9.59 Å². The number of allylic oxidation sites excluding steroid dienone is 1. The highest BCUT2D eigenvalue weighted by Gasteiger charge is 2.30. The lowest BCUT2D eigenvalue weighted by molar-refractivity contribution is -0.134. The molecule has 0 amide bonds. The van der Waals surface area contributed by atoms with Crippen molar-refractivity contribution in [2.24, 2.45) is 0 Å². The summed E-state index contributed by atoms with van der Waals surface area (Å²) in [6.45, 7) is -0.958. The van der Waals surface area contributed by atoms with Gasteiger partial charge >= 0.3 is 5.97 Å². The van der Waals surface area contributed by atoms with Gasteiger partial charge in [-0.05, 0) is 35.8 Å². The van der Waals surface area contributed by atoms with Gasteiger partial charge in [-0.15, -0.1) is 0 Å². The third-order valence-electron chi connectivity index (χ3n) is 4.73. The summed E-state index contributed by atoms with van der Waals surface area (Å²) in [6, 6.07) is 30.1. The summed E-state index contributed by atoms with van der Waals surface area (Å²) < 4.78 is 4.77. The number of ether oxygens (including phenoxy) is 1. The van der Waals surface area contributed by atoms with Gasteiger partial charge in [0.25, 0.3) is 0 Å². The van der Waals surface area contributed by atoms with E-state index >= 15 is 0 Å². The number of Topliss-reactive ketones (excluding diaryl/α,β-unsaturated/α-hetero) is 1. The van der Waals surface area contributed by atoms with Crippen molar-refractivity contribution >= 4 is 39.8 Å². The van der Waals surface area contributed by atoms with E-state index in [0.29, 0.717) is 5.29 Å². The molecule has 0 atom stereocenters. The number of esters is 1. The van der Waals surface area contributed by atoms with Crippen LogP contribution in [0.1, 0.15) is 6.92 Å². The van der Waals surface area contributed by atoms with Gasteiger partial charge in [-0.25, -0.2) is 4.79 Å². The summed E-state index contributed by atoms with van der Waals surface area (Å²) in [4.78, 5) is 24.9. The molecule has 0 unspecified atom stereocenters. The molecule has 0 aromatic heterocycles. The zero-order valence-electron chi connectivity index (χ0n) is 16.5. The standard InChI is InChI=1S/C25H23O3P/c1-20(26)24(18-19-25(27)28-2)29(21-12-6-3-7-13-21,22-14-8-4-9-15-22)23-16-10-5-11-17-23/h3-19H,1-2H3/b19-18+. The Kier molecular flexibility index (Phi) is 6.64. The summed E-state index contributed by atoms with van der Waals surface area (Å²) >= 11 is 0. The molecule has 0 bridgehead atoms. The van der Waals surface area contributed by atoms with Gasteiger partial charge in [0.15, 0.2) is 5.78 Å². The van der Waals surface area contributed by atoms with Gasteiger partial charge in [0.05, 0.1) is 7.11 Å². The zero-order valence-corrected chi connectivity index (χ0v) is 17.4. The fraction of sp³-hybridized carbons (Fsp3) is 0.0800. The Morgan fingerprint density at radius 2 is 1.07 bits per heavy atom. The number of ketones is 1. The van der Waals surface area contributed by atoms with Gasteiger partial charge in [-0.2, -0.15) is 0 Å². The number of rotatable bonds is 6. The Hall–Kier alpha value is -3.16. The van der Waals surface area contributed by atoms with Crippen LogP contribution in [0.3, 0.4) is 0 Å². The number of methoxy groups -OCH3 is 1. The lowest BCUT2D eigenvalue weighted by Crippen LogP contribution is -2.32. The molecule has 0 spiro atoms. The van der Waals surface area contributed by atoms with Crippen molar-refractivity contribution in [3.05, 3.63) is 103 Å². The van der Waals surface area contributed by atoms with Crippen LogP contribution in [0.4, 0.5) is 0 Å². The summed E-state index contributed by atoms with van der Waals surface area (Å²) in [5, 5.41) is 3.76. The predicted molar refractivity (Wildman–Crippen MR) is 122 cm³/mol. The molecule has 0 N–H and O–H groups in total. The Morgan fingerprint density at radius 3 is 1.38 bits per heavy atom. The second kappa shape index (κ2) is 9.36. The van der Waals surface area contributed by atoms with E-state index in [4.69, 9.17) is 4.74 Å². The highest BCUT2D eigenvalue weighted by Crippen LogP contribution is 2.46. The monoisotopic (exact) mass is 402 g/mol. The van der Waals surface area contributed by atoms with Gasteiger partial charge in [-0.3, -0.25) is 4.79 Å². The molecule has 0 saturated carbocycles. The van der Waals surface area contributed by atoms with Crippen molar-refractivity contribution < 1.29 is 14.3 Å². The molecule has 3 rings (SSSR count). The van der Waals surface area contributed by atoms with Crippen molar-refractivity contribution in [3.8, 4) is 0 Å². The number of carbonyl (C=O) groups excluding carboxylic acids is 2. The minimum atomic E-state index is -2.51. The highest BCUT2D eigenvalue weighted by molar-refractivity contribution is 7.96. The molecule has 3 aromatic rings. The molecule has 4 heteroatoms. The first-order chi connectivity index (χ1) is 14.1. The number of hydrogen-bond donors (Lipinski definition) is 0. The normalized spacial score (nSPS) is 11.2. The third kappa shape index (κ3) is 4.16. The van der Waals surface area contributed by atoms with Crippen LogP contribution in [0.25, 0.3) is 0 Å². The van der Waals surface area contributed by atoms with E-state index in [1.54, 1.807) is 13.0 Å². The molecular weight excluding hydrogens is 379 g/mol. The molecular formula is C25H23O3P. The van der Waals surface area contributed by atoms with Crippen molar-refractivity contribution in [3.63, 3.8) is 0 Å². The highest BCUT2D eigenvalue weighted by atomic mass is 31.2. The van der Waals surface area contributed by atoms with Gasteiger partial charge in [-0.1, -0.05) is 91.0 Å². The van der Waals surface area contributed by atoms with Crippen LogP contribution < -0.4 is 15.9 Å². The number of benzene rings is 3. The minimum Gasteiger partial charge on any atom is -0.466 e. The Labute approximate surface area is 171 Å². The van der Waals surface area contributed by atoms with Gasteiger partial charge in [0.1, 0.15) is 0 Å². The van der Waals surface area contributed by atoms with Gasteiger partial charge in [0.2, 0.25) is 0 Å². The van der Waals surface area contributed by atoms with E-state index in [1.807, 2.05) is 54.6 Å². The number of carbonyl (C=O) groups is 2. The molecule has 0 radical (unpaired) electrons. The van der Waals surface area contributed by atoms with E-state index in [2.05, 4.69) is 36.4 Å². The second-order valence-corrected chi connectivity index (χ2v) is 9.85. The number of hydrogen-bond acceptors (Lipinski definition) is 3. The molecule has 0 saturated heterocycles. The van der Waals surface area contributed by atoms with Crippen molar-refractivity contribution in [1.82, 2.24) is 0 Å². The summed E-state index contributed by atoms with van der Waals surface area (Å²) in [5.41, 5.74) is 0. The lowest BCUT2D eigenvalue weighted by Gasteiger charge is -2.31. The van der Waals surface area contributed by atoms with E-state index < -0.39 is 12.9 Å². The largest absolute Gasteiger partial charge is 0.466 e. The molecule has 3 nitrogen and oxygen atoms in total. The smallest absolute Gasteiger partial charge is 0.330 e. The topological polar surface area (TPSA) is 43.4 Å². The molecule has 29 heavy (non-hydrogen) atoms. The second-order valence-electron chi connectivity index (χ2n) is 6.48. The fourth-order valence-corrected chi connectivity index (χ4v) is 7.86. The maximum absolute atomic E-state index is 13.0. The summed E-state index contributed by atoms with van der Waals surface area (Å²) in [5.74, 6) is -0.564. The summed E-state index contributed by atoms with van der Waals surface area (Å²) in [6.07, 6.45) is 2.97. The van der Waals surface area contributed by atoms with Crippen molar-refractivity contribution in [1.29, 1.82) is 0 Å². The van der Waals surface area contributed by atoms with Crippen LogP contribution in [-0.4, -0.2) is 24.2 Å². The SMILES string of the molecule is COC(=O)/C=C/C(C(C)=O)=P(c1ccccc1)(c1ccccc1)c1ccccc1.